The molecule has 0 unspecified atom stereocenters. The molecule has 0 amide bonds. The van der Waals surface area contributed by atoms with Gasteiger partial charge in [0.25, 0.3) is 0 Å². The standard InChI is InChI=1S/C10H11ClN2O/c11-10-7-5-6(14)1-2-8(7)13-9(10)3-4-12/h1-2,5,13-14H,3-4,12H2. The number of aromatic nitrogens is 1. The third kappa shape index (κ3) is 1.45. The van der Waals surface area contributed by atoms with E-state index >= 15 is 0 Å². The third-order valence-electron chi connectivity index (χ3n) is 2.18. The fraction of sp³-hybridized carbons (Fsp3) is 0.200. The average Bonchev–Trinajstić information content (AvgIpc) is 2.46. The van der Waals surface area contributed by atoms with Crippen LogP contribution in [-0.4, -0.2) is 16.6 Å². The largest absolute Gasteiger partial charge is 0.508 e. The molecule has 0 bridgehead atoms. The predicted octanol–water partition coefficient (Wildman–Crippen LogP) is 2.03. The molecule has 0 fully saturated rings. The van der Waals surface area contributed by atoms with Crippen LogP contribution in [0.5, 0.6) is 5.75 Å². The van der Waals surface area contributed by atoms with Crippen molar-refractivity contribution in [3.8, 4) is 5.75 Å². The molecule has 74 valence electrons. The lowest BCUT2D eigenvalue weighted by Crippen LogP contribution is -2.02. The van der Waals surface area contributed by atoms with Crippen molar-refractivity contribution in [3.63, 3.8) is 0 Å². The Morgan fingerprint density at radius 2 is 2.21 bits per heavy atom. The van der Waals surface area contributed by atoms with Crippen LogP contribution in [0, 0.1) is 0 Å². The first-order chi connectivity index (χ1) is 6.72. The normalized spacial score (nSPS) is 11.0. The first-order valence-corrected chi connectivity index (χ1v) is 4.79. The van der Waals surface area contributed by atoms with Crippen molar-refractivity contribution in [2.75, 3.05) is 6.54 Å². The molecule has 14 heavy (non-hydrogen) atoms. The van der Waals surface area contributed by atoms with Crippen LogP contribution >= 0.6 is 11.6 Å². The zero-order valence-electron chi connectivity index (χ0n) is 7.55. The van der Waals surface area contributed by atoms with Gasteiger partial charge in [0.1, 0.15) is 5.75 Å². The van der Waals surface area contributed by atoms with Crippen molar-refractivity contribution < 1.29 is 5.11 Å². The van der Waals surface area contributed by atoms with Gasteiger partial charge >= 0.3 is 0 Å². The van der Waals surface area contributed by atoms with Crippen LogP contribution in [0.1, 0.15) is 5.69 Å². The second-order valence-corrected chi connectivity index (χ2v) is 3.56. The number of nitrogens with two attached hydrogens (primary N) is 1. The van der Waals surface area contributed by atoms with E-state index in [1.165, 1.54) is 0 Å². The van der Waals surface area contributed by atoms with Crippen LogP contribution in [0.2, 0.25) is 5.02 Å². The number of halogens is 1. The van der Waals surface area contributed by atoms with Gasteiger partial charge in [0.05, 0.1) is 5.02 Å². The summed E-state index contributed by atoms with van der Waals surface area (Å²) >= 11 is 6.11. The highest BCUT2D eigenvalue weighted by molar-refractivity contribution is 6.36. The number of hydrogen-bond donors (Lipinski definition) is 3. The Labute approximate surface area is 86.5 Å². The number of phenolic OH excluding ortho intramolecular Hbond substituents is 1. The van der Waals surface area contributed by atoms with E-state index in [2.05, 4.69) is 4.98 Å². The summed E-state index contributed by atoms with van der Waals surface area (Å²) in [6.45, 7) is 0.554. The molecule has 0 saturated carbocycles. The molecule has 3 nitrogen and oxygen atoms in total. The lowest BCUT2D eigenvalue weighted by Gasteiger charge is -1.93. The molecule has 0 spiro atoms. The highest BCUT2D eigenvalue weighted by Crippen LogP contribution is 2.30. The summed E-state index contributed by atoms with van der Waals surface area (Å²) in [5, 5.41) is 10.8. The van der Waals surface area contributed by atoms with Crippen LogP contribution in [0.4, 0.5) is 0 Å². The van der Waals surface area contributed by atoms with E-state index in [0.717, 1.165) is 16.6 Å². The SMILES string of the molecule is NCCc1[nH]c2ccc(O)cc2c1Cl. The van der Waals surface area contributed by atoms with Crippen molar-refractivity contribution in [2.24, 2.45) is 5.73 Å². The van der Waals surface area contributed by atoms with Crippen molar-refractivity contribution >= 4 is 22.5 Å². The Balaban J connectivity index is 2.62. The lowest BCUT2D eigenvalue weighted by atomic mass is 10.2. The Morgan fingerprint density at radius 1 is 1.43 bits per heavy atom. The summed E-state index contributed by atoms with van der Waals surface area (Å²) in [7, 11) is 0. The van der Waals surface area contributed by atoms with Crippen LogP contribution in [0.25, 0.3) is 10.9 Å². The summed E-state index contributed by atoms with van der Waals surface area (Å²) in [4.78, 5) is 3.17. The van der Waals surface area contributed by atoms with E-state index in [4.69, 9.17) is 17.3 Å². The number of phenols is 1. The van der Waals surface area contributed by atoms with Gasteiger partial charge in [0.2, 0.25) is 0 Å². The van der Waals surface area contributed by atoms with Gasteiger partial charge in [0.15, 0.2) is 0 Å². The first-order valence-electron chi connectivity index (χ1n) is 4.41. The molecule has 4 heteroatoms. The van der Waals surface area contributed by atoms with Crippen LogP contribution in [0.3, 0.4) is 0 Å². The van der Waals surface area contributed by atoms with E-state index in [1.807, 2.05) is 0 Å². The minimum absolute atomic E-state index is 0.220. The molecular formula is C10H11ClN2O. The highest BCUT2D eigenvalue weighted by atomic mass is 35.5. The number of aromatic hydroxyl groups is 1. The number of aromatic amines is 1. The molecule has 0 atom stereocenters. The summed E-state index contributed by atoms with van der Waals surface area (Å²) < 4.78 is 0. The summed E-state index contributed by atoms with van der Waals surface area (Å²) in [5.74, 6) is 0.220. The van der Waals surface area contributed by atoms with Crippen molar-refractivity contribution in [1.82, 2.24) is 4.98 Å². The van der Waals surface area contributed by atoms with Gasteiger partial charge < -0.3 is 15.8 Å². The lowest BCUT2D eigenvalue weighted by molar-refractivity contribution is 0.476. The zero-order valence-corrected chi connectivity index (χ0v) is 8.30. The van der Waals surface area contributed by atoms with Crippen molar-refractivity contribution in [2.45, 2.75) is 6.42 Å². The maximum Gasteiger partial charge on any atom is 0.116 e. The molecule has 2 aromatic rings. The molecule has 0 radical (unpaired) electrons. The van der Waals surface area contributed by atoms with E-state index in [9.17, 15) is 5.11 Å². The third-order valence-corrected chi connectivity index (χ3v) is 2.62. The number of rotatable bonds is 2. The van der Waals surface area contributed by atoms with Crippen LogP contribution < -0.4 is 5.73 Å². The van der Waals surface area contributed by atoms with Gasteiger partial charge in [0, 0.05) is 23.0 Å². The summed E-state index contributed by atoms with van der Waals surface area (Å²) in [5.41, 5.74) is 7.31. The van der Waals surface area contributed by atoms with Gasteiger partial charge in [-0.2, -0.15) is 0 Å². The Morgan fingerprint density at radius 3 is 2.93 bits per heavy atom. The minimum Gasteiger partial charge on any atom is -0.508 e. The number of hydrogen-bond acceptors (Lipinski definition) is 2. The Bertz CT molecular complexity index is 464. The number of benzene rings is 1. The van der Waals surface area contributed by atoms with Gasteiger partial charge in [-0.3, -0.25) is 0 Å². The minimum atomic E-state index is 0.220. The van der Waals surface area contributed by atoms with Crippen molar-refractivity contribution in [3.05, 3.63) is 28.9 Å². The number of H-pyrrole nitrogens is 1. The molecule has 0 aliphatic carbocycles. The molecule has 1 heterocycles. The average molecular weight is 211 g/mol. The fourth-order valence-electron chi connectivity index (χ4n) is 1.52. The molecule has 0 aliphatic rings. The molecule has 1 aromatic carbocycles. The van der Waals surface area contributed by atoms with E-state index in [0.29, 0.717) is 18.0 Å². The Hall–Kier alpha value is -1.19. The quantitative estimate of drug-likeness (QED) is 0.710. The maximum atomic E-state index is 9.30. The molecule has 1 aromatic heterocycles. The molecule has 0 aliphatic heterocycles. The van der Waals surface area contributed by atoms with E-state index in [-0.39, 0.29) is 5.75 Å². The smallest absolute Gasteiger partial charge is 0.116 e. The summed E-state index contributed by atoms with van der Waals surface area (Å²) in [6, 6.07) is 5.08. The van der Waals surface area contributed by atoms with Gasteiger partial charge in [-0.1, -0.05) is 11.6 Å². The fourth-order valence-corrected chi connectivity index (χ4v) is 1.82. The van der Waals surface area contributed by atoms with Crippen LogP contribution in [-0.2, 0) is 6.42 Å². The molecule has 0 saturated heterocycles. The number of nitrogens with one attached hydrogen (secondary N) is 1. The highest BCUT2D eigenvalue weighted by Gasteiger charge is 2.08. The molecule has 2 rings (SSSR count). The van der Waals surface area contributed by atoms with Gasteiger partial charge in [-0.05, 0) is 24.7 Å². The number of fused-ring (bicyclic) bond motifs is 1. The zero-order chi connectivity index (χ0) is 10.1. The molecular weight excluding hydrogens is 200 g/mol. The summed E-state index contributed by atoms with van der Waals surface area (Å²) in [6.07, 6.45) is 0.717. The van der Waals surface area contributed by atoms with E-state index < -0.39 is 0 Å². The topological polar surface area (TPSA) is 62.0 Å². The maximum absolute atomic E-state index is 9.30. The second kappa shape index (κ2) is 3.52. The molecule has 4 N–H and O–H groups in total. The van der Waals surface area contributed by atoms with Gasteiger partial charge in [-0.25, -0.2) is 0 Å². The predicted molar refractivity (Wildman–Crippen MR) is 57.7 cm³/mol. The first kappa shape index (κ1) is 9.37. The Kier molecular flexibility index (Phi) is 2.35. The van der Waals surface area contributed by atoms with Crippen LogP contribution in [0.15, 0.2) is 18.2 Å². The van der Waals surface area contributed by atoms with Gasteiger partial charge in [-0.15, -0.1) is 0 Å². The van der Waals surface area contributed by atoms with Crippen molar-refractivity contribution in [1.29, 1.82) is 0 Å². The monoisotopic (exact) mass is 210 g/mol. The van der Waals surface area contributed by atoms with E-state index in [1.54, 1.807) is 18.2 Å². The second-order valence-electron chi connectivity index (χ2n) is 3.19.